The summed E-state index contributed by atoms with van der Waals surface area (Å²) in [5.74, 6) is 1.09. The molecule has 0 aliphatic heterocycles. The van der Waals surface area contributed by atoms with Crippen molar-refractivity contribution in [2.45, 2.75) is 20.4 Å². The lowest BCUT2D eigenvalue weighted by atomic mass is 10.2. The number of ether oxygens (including phenoxy) is 2. The van der Waals surface area contributed by atoms with Crippen LogP contribution in [0.1, 0.15) is 19.4 Å². The normalized spacial score (nSPS) is 10.1. The Kier molecular flexibility index (Phi) is 6.74. The molecule has 0 unspecified atom stereocenters. The Morgan fingerprint density at radius 1 is 1.21 bits per heavy atom. The molecule has 0 saturated carbocycles. The summed E-state index contributed by atoms with van der Waals surface area (Å²) < 4.78 is 11.0. The zero-order valence-electron chi connectivity index (χ0n) is 11.8. The minimum absolute atomic E-state index is 0.0108. The van der Waals surface area contributed by atoms with Crippen LogP contribution in [-0.4, -0.2) is 32.7 Å². The van der Waals surface area contributed by atoms with E-state index in [2.05, 4.69) is 17.6 Å². The molecule has 2 N–H and O–H groups in total. The van der Waals surface area contributed by atoms with Crippen molar-refractivity contribution >= 4 is 5.91 Å². The molecular formula is C14H22N2O3. The van der Waals surface area contributed by atoms with Crippen LogP contribution >= 0.6 is 0 Å². The maximum atomic E-state index is 11.2. The van der Waals surface area contributed by atoms with Crippen LogP contribution < -0.4 is 20.1 Å². The molecule has 0 aromatic heterocycles. The predicted molar refractivity (Wildman–Crippen MR) is 74.6 cm³/mol. The molecule has 0 saturated heterocycles. The second-order valence-electron chi connectivity index (χ2n) is 3.96. The van der Waals surface area contributed by atoms with E-state index in [1.807, 2.05) is 25.1 Å². The van der Waals surface area contributed by atoms with Crippen LogP contribution in [0.5, 0.6) is 11.5 Å². The number of benzene rings is 1. The third-order valence-corrected chi connectivity index (χ3v) is 2.52. The fourth-order valence-electron chi connectivity index (χ4n) is 1.53. The number of rotatable bonds is 8. The topological polar surface area (TPSA) is 59.6 Å². The third-order valence-electron chi connectivity index (χ3n) is 2.52. The van der Waals surface area contributed by atoms with Crippen molar-refractivity contribution in [2.75, 3.05) is 26.8 Å². The van der Waals surface area contributed by atoms with Gasteiger partial charge in [0.15, 0.2) is 18.1 Å². The average molecular weight is 266 g/mol. The van der Waals surface area contributed by atoms with Crippen molar-refractivity contribution in [3.8, 4) is 11.5 Å². The number of carbonyl (C=O) groups excluding carboxylic acids is 1. The second-order valence-corrected chi connectivity index (χ2v) is 3.96. The van der Waals surface area contributed by atoms with Crippen molar-refractivity contribution in [1.29, 1.82) is 0 Å². The van der Waals surface area contributed by atoms with E-state index >= 15 is 0 Å². The number of amides is 1. The molecular weight excluding hydrogens is 244 g/mol. The van der Waals surface area contributed by atoms with Gasteiger partial charge < -0.3 is 20.1 Å². The number of nitrogens with one attached hydrogen (secondary N) is 2. The highest BCUT2D eigenvalue weighted by molar-refractivity contribution is 5.77. The molecule has 1 aromatic rings. The van der Waals surface area contributed by atoms with Crippen LogP contribution in [0.2, 0.25) is 0 Å². The highest BCUT2D eigenvalue weighted by Gasteiger charge is 2.08. The second kappa shape index (κ2) is 8.37. The van der Waals surface area contributed by atoms with Crippen molar-refractivity contribution in [3.05, 3.63) is 23.8 Å². The summed E-state index contributed by atoms with van der Waals surface area (Å²) in [5.41, 5.74) is 1.12. The summed E-state index contributed by atoms with van der Waals surface area (Å²) in [5, 5.41) is 5.76. The maximum absolute atomic E-state index is 11.2. The Balaban J connectivity index is 2.75. The molecule has 19 heavy (non-hydrogen) atoms. The molecule has 0 fully saturated rings. The van der Waals surface area contributed by atoms with E-state index in [0.717, 1.165) is 18.7 Å². The van der Waals surface area contributed by atoms with Gasteiger partial charge in [0.2, 0.25) is 0 Å². The van der Waals surface area contributed by atoms with Gasteiger partial charge in [0, 0.05) is 13.6 Å². The first-order valence-electron chi connectivity index (χ1n) is 6.51. The van der Waals surface area contributed by atoms with E-state index in [1.165, 1.54) is 0 Å². The van der Waals surface area contributed by atoms with E-state index in [1.54, 1.807) is 7.05 Å². The number of hydrogen-bond acceptors (Lipinski definition) is 4. The van der Waals surface area contributed by atoms with Gasteiger partial charge in [-0.3, -0.25) is 4.79 Å². The summed E-state index contributed by atoms with van der Waals surface area (Å²) >= 11 is 0. The van der Waals surface area contributed by atoms with Gasteiger partial charge in [-0.1, -0.05) is 13.0 Å². The molecule has 5 nitrogen and oxygen atoms in total. The number of hydrogen-bond donors (Lipinski definition) is 2. The van der Waals surface area contributed by atoms with E-state index in [4.69, 9.17) is 9.47 Å². The van der Waals surface area contributed by atoms with E-state index in [-0.39, 0.29) is 12.5 Å². The van der Waals surface area contributed by atoms with E-state index in [9.17, 15) is 4.79 Å². The lowest BCUT2D eigenvalue weighted by molar-refractivity contribution is -0.122. The van der Waals surface area contributed by atoms with Crippen LogP contribution in [0.25, 0.3) is 0 Å². The smallest absolute Gasteiger partial charge is 0.257 e. The largest absolute Gasteiger partial charge is 0.490 e. The molecule has 1 rings (SSSR count). The van der Waals surface area contributed by atoms with E-state index < -0.39 is 0 Å². The van der Waals surface area contributed by atoms with Gasteiger partial charge in [-0.05, 0) is 31.2 Å². The first kappa shape index (κ1) is 15.3. The van der Waals surface area contributed by atoms with Crippen molar-refractivity contribution in [2.24, 2.45) is 0 Å². The Morgan fingerprint density at radius 2 is 2.00 bits per heavy atom. The molecule has 0 heterocycles. The molecule has 0 aliphatic rings. The number of likely N-dealkylation sites (N-methyl/N-ethyl adjacent to an activating group) is 1. The van der Waals surface area contributed by atoms with Crippen molar-refractivity contribution in [1.82, 2.24) is 10.6 Å². The van der Waals surface area contributed by atoms with Crippen LogP contribution in [-0.2, 0) is 11.3 Å². The molecule has 1 aromatic carbocycles. The lowest BCUT2D eigenvalue weighted by Crippen LogP contribution is -2.25. The fraction of sp³-hybridized carbons (Fsp3) is 0.500. The monoisotopic (exact) mass is 266 g/mol. The summed E-state index contributed by atoms with van der Waals surface area (Å²) in [6, 6.07) is 5.73. The minimum Gasteiger partial charge on any atom is -0.490 e. The summed E-state index contributed by atoms with van der Waals surface area (Å²) in [6.07, 6.45) is 0. The molecule has 0 radical (unpaired) electrons. The highest BCUT2D eigenvalue weighted by atomic mass is 16.5. The number of carbonyl (C=O) groups is 1. The van der Waals surface area contributed by atoms with Gasteiger partial charge in [-0.2, -0.15) is 0 Å². The van der Waals surface area contributed by atoms with Crippen molar-refractivity contribution < 1.29 is 14.3 Å². The summed E-state index contributed by atoms with van der Waals surface area (Å²) in [4.78, 5) is 11.2. The van der Waals surface area contributed by atoms with Gasteiger partial charge in [0.25, 0.3) is 5.91 Å². The molecule has 0 bridgehead atoms. The van der Waals surface area contributed by atoms with Crippen LogP contribution in [0.3, 0.4) is 0 Å². The zero-order chi connectivity index (χ0) is 14.1. The Bertz CT molecular complexity index is 408. The Morgan fingerprint density at radius 3 is 2.63 bits per heavy atom. The molecule has 0 aliphatic carbocycles. The SMILES string of the molecule is CCNCc1ccc(OCC(=O)NC)c(OCC)c1. The lowest BCUT2D eigenvalue weighted by Gasteiger charge is -2.13. The predicted octanol–water partition coefficient (Wildman–Crippen LogP) is 1.32. The summed E-state index contributed by atoms with van der Waals surface area (Å²) in [7, 11) is 1.58. The Labute approximate surface area is 114 Å². The van der Waals surface area contributed by atoms with Crippen LogP contribution in [0.4, 0.5) is 0 Å². The minimum atomic E-state index is -0.167. The highest BCUT2D eigenvalue weighted by Crippen LogP contribution is 2.28. The fourth-order valence-corrected chi connectivity index (χ4v) is 1.53. The first-order chi connectivity index (χ1) is 9.21. The van der Waals surface area contributed by atoms with Gasteiger partial charge in [-0.15, -0.1) is 0 Å². The van der Waals surface area contributed by atoms with Crippen LogP contribution in [0.15, 0.2) is 18.2 Å². The van der Waals surface area contributed by atoms with Gasteiger partial charge in [0.05, 0.1) is 6.61 Å². The van der Waals surface area contributed by atoms with Gasteiger partial charge in [0.1, 0.15) is 0 Å². The molecule has 1 amide bonds. The van der Waals surface area contributed by atoms with Crippen molar-refractivity contribution in [3.63, 3.8) is 0 Å². The average Bonchev–Trinajstić information content (AvgIpc) is 2.44. The van der Waals surface area contributed by atoms with Crippen LogP contribution in [0, 0.1) is 0 Å². The standard InChI is InChI=1S/C14H22N2O3/c1-4-16-9-11-6-7-12(13(8-11)18-5-2)19-10-14(17)15-3/h6-8,16H,4-5,9-10H2,1-3H3,(H,15,17). The first-order valence-corrected chi connectivity index (χ1v) is 6.51. The maximum Gasteiger partial charge on any atom is 0.257 e. The quantitative estimate of drug-likeness (QED) is 0.745. The zero-order valence-corrected chi connectivity index (χ0v) is 11.8. The van der Waals surface area contributed by atoms with Gasteiger partial charge in [-0.25, -0.2) is 0 Å². The van der Waals surface area contributed by atoms with Gasteiger partial charge >= 0.3 is 0 Å². The molecule has 0 spiro atoms. The third kappa shape index (κ3) is 5.18. The summed E-state index contributed by atoms with van der Waals surface area (Å²) in [6.45, 7) is 6.22. The molecule has 106 valence electrons. The molecule has 0 atom stereocenters. The van der Waals surface area contributed by atoms with E-state index in [0.29, 0.717) is 18.1 Å². The molecule has 5 heteroatoms. The Hall–Kier alpha value is -1.75.